The third-order valence-electron chi connectivity index (χ3n) is 11.3. The molecular weight excluding hydrogens is 552 g/mol. The zero-order valence-corrected chi connectivity index (χ0v) is 26.8. The smallest absolute Gasteiger partial charge is 0.338 e. The second kappa shape index (κ2) is 11.3. The van der Waals surface area contributed by atoms with Crippen LogP contribution < -0.4 is 0 Å². The molecule has 0 aliphatic heterocycles. The molecule has 2 bridgehead atoms. The molecule has 2 fully saturated rings. The SMILES string of the molecule is CC[C@@]1(OC(C)=O)C2C(OC(=O)c3ccccc3)[C@]3(O)C[C@H](O)C(C)=C([C@@H](C)[C@@H](OC(C)=O)[C@]2(C)[C@@H](C)C[C@H]1O)C3(C)C. The highest BCUT2D eigenvalue weighted by molar-refractivity contribution is 5.89. The summed E-state index contributed by atoms with van der Waals surface area (Å²) in [5.41, 5.74) is -4.08. The van der Waals surface area contributed by atoms with Crippen LogP contribution in [0.25, 0.3) is 0 Å². The molecule has 3 N–H and O–H groups in total. The Bertz CT molecular complexity index is 1290. The largest absolute Gasteiger partial charge is 0.461 e. The van der Waals surface area contributed by atoms with Gasteiger partial charge < -0.3 is 29.5 Å². The van der Waals surface area contributed by atoms with Crippen LogP contribution in [0.1, 0.15) is 91.9 Å². The van der Waals surface area contributed by atoms with Gasteiger partial charge in [-0.25, -0.2) is 4.79 Å². The van der Waals surface area contributed by atoms with Crippen molar-refractivity contribution in [1.29, 1.82) is 0 Å². The normalized spacial score (nSPS) is 40.4. The van der Waals surface area contributed by atoms with Gasteiger partial charge >= 0.3 is 17.9 Å². The molecule has 3 aliphatic rings. The molecule has 9 heteroatoms. The zero-order valence-electron chi connectivity index (χ0n) is 26.8. The molecule has 43 heavy (non-hydrogen) atoms. The van der Waals surface area contributed by atoms with Crippen molar-refractivity contribution in [2.75, 3.05) is 0 Å². The maximum atomic E-state index is 13.9. The Labute approximate surface area is 254 Å². The summed E-state index contributed by atoms with van der Waals surface area (Å²) in [6, 6.07) is 8.38. The molecule has 2 unspecified atom stereocenters. The Morgan fingerprint density at radius 3 is 2.09 bits per heavy atom. The standard InChI is InChI=1S/C34H48O9/c1-10-33(43-22(6)36)25(38)16-18(2)32(9)27(33)29(42-30(39)23-14-12-11-13-15-23)34(40)17-24(37)19(3)26(31(34,7)8)20(4)28(32)41-21(5)35/h11-15,18,20,24-25,27-29,37-38,40H,10,16-17H2,1-9H3/t18-,20+,24-,25+,27?,28+,29?,32+,33-,34+/m0/s1. The first-order chi connectivity index (χ1) is 19.9. The van der Waals surface area contributed by atoms with E-state index in [1.54, 1.807) is 37.3 Å². The van der Waals surface area contributed by atoms with Gasteiger partial charge in [-0.2, -0.15) is 0 Å². The van der Waals surface area contributed by atoms with Crippen LogP contribution in [0.2, 0.25) is 0 Å². The van der Waals surface area contributed by atoms with Crippen molar-refractivity contribution in [3.63, 3.8) is 0 Å². The van der Waals surface area contributed by atoms with Gasteiger partial charge in [0, 0.05) is 37.0 Å². The summed E-state index contributed by atoms with van der Waals surface area (Å²) < 4.78 is 18.7. The van der Waals surface area contributed by atoms with Gasteiger partial charge in [0.1, 0.15) is 23.4 Å². The molecule has 1 aromatic carbocycles. The van der Waals surface area contributed by atoms with E-state index in [0.717, 1.165) is 0 Å². The maximum Gasteiger partial charge on any atom is 0.338 e. The maximum absolute atomic E-state index is 13.9. The van der Waals surface area contributed by atoms with Gasteiger partial charge in [-0.1, -0.05) is 65.3 Å². The fourth-order valence-electron chi connectivity index (χ4n) is 9.10. The third-order valence-corrected chi connectivity index (χ3v) is 11.3. The Morgan fingerprint density at radius 1 is 0.953 bits per heavy atom. The van der Waals surface area contributed by atoms with Gasteiger partial charge in [0.05, 0.1) is 23.7 Å². The number of esters is 3. The van der Waals surface area contributed by atoms with Crippen molar-refractivity contribution in [1.82, 2.24) is 0 Å². The topological polar surface area (TPSA) is 140 Å². The minimum absolute atomic E-state index is 0.127. The molecule has 4 rings (SSSR count). The van der Waals surface area contributed by atoms with Crippen LogP contribution in [0.5, 0.6) is 0 Å². The number of rotatable bonds is 5. The summed E-state index contributed by atoms with van der Waals surface area (Å²) in [5.74, 6) is -3.77. The van der Waals surface area contributed by atoms with Crippen molar-refractivity contribution in [3.05, 3.63) is 47.0 Å². The summed E-state index contributed by atoms with van der Waals surface area (Å²) in [4.78, 5) is 39.5. The number of carbonyl (C=O) groups is 3. The lowest BCUT2D eigenvalue weighted by molar-refractivity contribution is -0.300. The van der Waals surface area contributed by atoms with E-state index in [9.17, 15) is 29.7 Å². The number of fused-ring (bicyclic) bond motifs is 3. The first-order valence-corrected chi connectivity index (χ1v) is 15.3. The first kappa shape index (κ1) is 33.1. The second-order valence-corrected chi connectivity index (χ2v) is 13.8. The average molecular weight is 601 g/mol. The van der Waals surface area contributed by atoms with E-state index in [-0.39, 0.29) is 30.7 Å². The number of ether oxygens (including phenoxy) is 3. The molecular formula is C34H48O9. The predicted octanol–water partition coefficient (Wildman–Crippen LogP) is 4.37. The lowest BCUT2D eigenvalue weighted by Gasteiger charge is -2.67. The van der Waals surface area contributed by atoms with E-state index in [4.69, 9.17) is 14.2 Å². The quantitative estimate of drug-likeness (QED) is 0.255. The van der Waals surface area contributed by atoms with Crippen molar-refractivity contribution in [2.24, 2.45) is 28.6 Å². The number of benzene rings is 1. The van der Waals surface area contributed by atoms with E-state index >= 15 is 0 Å². The molecule has 238 valence electrons. The van der Waals surface area contributed by atoms with Crippen LogP contribution in [0.3, 0.4) is 0 Å². The molecule has 1 aromatic rings. The number of aliphatic hydroxyl groups excluding tert-OH is 2. The van der Waals surface area contributed by atoms with E-state index in [1.165, 1.54) is 13.8 Å². The molecule has 10 atom stereocenters. The van der Waals surface area contributed by atoms with Crippen LogP contribution in [0.4, 0.5) is 0 Å². The molecule has 0 spiro atoms. The highest BCUT2D eigenvalue weighted by atomic mass is 16.6. The molecule has 0 heterocycles. The van der Waals surface area contributed by atoms with Crippen LogP contribution in [-0.2, 0) is 23.8 Å². The van der Waals surface area contributed by atoms with E-state index in [1.807, 2.05) is 41.5 Å². The van der Waals surface area contributed by atoms with Crippen LogP contribution >= 0.6 is 0 Å². The fraction of sp³-hybridized carbons (Fsp3) is 0.676. The molecule has 0 aromatic heterocycles. The Hall–Kier alpha value is -2.75. The van der Waals surface area contributed by atoms with Crippen molar-refractivity contribution >= 4 is 17.9 Å². The summed E-state index contributed by atoms with van der Waals surface area (Å²) in [6.07, 6.45) is -4.35. The molecule has 0 radical (unpaired) electrons. The van der Waals surface area contributed by atoms with E-state index in [2.05, 4.69) is 0 Å². The zero-order chi connectivity index (χ0) is 32.3. The van der Waals surface area contributed by atoms with E-state index < -0.39 is 76.2 Å². The number of hydrogen-bond donors (Lipinski definition) is 3. The van der Waals surface area contributed by atoms with Gasteiger partial charge in [-0.05, 0) is 43.4 Å². The van der Waals surface area contributed by atoms with Crippen LogP contribution in [-0.4, -0.2) is 68.8 Å². The van der Waals surface area contributed by atoms with Crippen LogP contribution in [0, 0.1) is 28.6 Å². The minimum Gasteiger partial charge on any atom is -0.461 e. The molecule has 9 nitrogen and oxygen atoms in total. The molecule has 2 saturated carbocycles. The lowest BCUT2D eigenvalue weighted by Crippen LogP contribution is -2.76. The third kappa shape index (κ3) is 4.92. The summed E-state index contributed by atoms with van der Waals surface area (Å²) in [6.45, 7) is 15.6. The summed E-state index contributed by atoms with van der Waals surface area (Å²) in [7, 11) is 0. The highest BCUT2D eigenvalue weighted by Crippen LogP contribution is 2.66. The Balaban J connectivity index is 2.15. The van der Waals surface area contributed by atoms with Gasteiger partial charge in [-0.15, -0.1) is 0 Å². The summed E-state index contributed by atoms with van der Waals surface area (Å²) in [5, 5.41) is 36.3. The second-order valence-electron chi connectivity index (χ2n) is 13.8. The van der Waals surface area contributed by atoms with Gasteiger partial charge in [0.25, 0.3) is 0 Å². The predicted molar refractivity (Wildman–Crippen MR) is 159 cm³/mol. The number of hydrogen-bond acceptors (Lipinski definition) is 9. The monoisotopic (exact) mass is 600 g/mol. The van der Waals surface area contributed by atoms with Crippen LogP contribution in [0.15, 0.2) is 41.5 Å². The van der Waals surface area contributed by atoms with Crippen molar-refractivity contribution in [2.45, 2.75) is 117 Å². The Morgan fingerprint density at radius 2 is 1.56 bits per heavy atom. The molecule has 0 saturated heterocycles. The fourth-order valence-corrected chi connectivity index (χ4v) is 9.10. The number of aliphatic hydroxyl groups is 3. The van der Waals surface area contributed by atoms with Gasteiger partial charge in [0.2, 0.25) is 0 Å². The van der Waals surface area contributed by atoms with Crippen molar-refractivity contribution < 1.29 is 43.9 Å². The Kier molecular flexibility index (Phi) is 8.72. The van der Waals surface area contributed by atoms with Gasteiger partial charge in [0.15, 0.2) is 0 Å². The molecule has 0 amide bonds. The van der Waals surface area contributed by atoms with Gasteiger partial charge in [-0.3, -0.25) is 9.59 Å². The first-order valence-electron chi connectivity index (χ1n) is 15.3. The molecule has 3 aliphatic carbocycles. The summed E-state index contributed by atoms with van der Waals surface area (Å²) >= 11 is 0. The lowest BCUT2D eigenvalue weighted by atomic mass is 9.42. The minimum atomic E-state index is -1.88. The average Bonchev–Trinajstić information content (AvgIpc) is 2.92. The van der Waals surface area contributed by atoms with Crippen molar-refractivity contribution in [3.8, 4) is 0 Å². The highest BCUT2D eigenvalue weighted by Gasteiger charge is 2.74. The number of carbonyl (C=O) groups excluding carboxylic acids is 3. The van der Waals surface area contributed by atoms with E-state index in [0.29, 0.717) is 11.1 Å².